The highest BCUT2D eigenvalue weighted by Gasteiger charge is 2.40. The number of rotatable bonds is 7. The van der Waals surface area contributed by atoms with Gasteiger partial charge in [0.2, 0.25) is 5.91 Å². The molecule has 2 N–H and O–H groups in total. The highest BCUT2D eigenvalue weighted by Crippen LogP contribution is 2.37. The normalized spacial score (nSPS) is 18.3. The Hall–Kier alpha value is -3.63. The number of halogens is 6. The molecule has 2 aliphatic heterocycles. The van der Waals surface area contributed by atoms with E-state index in [1.807, 2.05) is 0 Å². The third-order valence-corrected chi connectivity index (χ3v) is 5.94. The molecule has 4 rings (SSSR count). The molecule has 1 fully saturated rings. The van der Waals surface area contributed by atoms with E-state index in [4.69, 9.17) is 9.47 Å². The van der Waals surface area contributed by atoms with Crippen molar-refractivity contribution in [3.05, 3.63) is 33.9 Å². The standard InChI is InChI=1S/C21H23F6N7O4/c1-11(29-13-7-28-32-19(36)17(13)21(25,26)27)9-37-5-2-16(35)33-3-4-34-12(8-33)10-38-14-6-15(20(22,23)24)30-31-18(14)34/h6-7,11-12H,2-5,8-10H2,1H3,(H2,29,32,36)/t11-,12+/m0/s1. The van der Waals surface area contributed by atoms with E-state index in [1.54, 1.807) is 21.8 Å². The molecule has 1 saturated heterocycles. The number of nitrogens with zero attached hydrogens (tertiary/aromatic N) is 5. The van der Waals surface area contributed by atoms with Gasteiger partial charge in [0.05, 0.1) is 37.6 Å². The number of piperazine rings is 1. The second-order valence-electron chi connectivity index (χ2n) is 8.77. The molecule has 2 atom stereocenters. The van der Waals surface area contributed by atoms with Crippen LogP contribution in [0, 0.1) is 0 Å². The fraction of sp³-hybridized carbons (Fsp3) is 0.571. The van der Waals surface area contributed by atoms with Gasteiger partial charge in [0, 0.05) is 31.7 Å². The van der Waals surface area contributed by atoms with E-state index >= 15 is 0 Å². The minimum absolute atomic E-state index is 0.000509. The zero-order chi connectivity index (χ0) is 27.7. The van der Waals surface area contributed by atoms with Gasteiger partial charge in [0.25, 0.3) is 5.56 Å². The largest absolute Gasteiger partial charge is 0.487 e. The summed E-state index contributed by atoms with van der Waals surface area (Å²) in [6, 6.07) is -0.141. The van der Waals surface area contributed by atoms with Gasteiger partial charge in [0.15, 0.2) is 17.3 Å². The molecule has 0 bridgehead atoms. The summed E-state index contributed by atoms with van der Waals surface area (Å²) >= 11 is 0. The van der Waals surface area contributed by atoms with Crippen LogP contribution < -0.4 is 20.5 Å². The summed E-state index contributed by atoms with van der Waals surface area (Å²) in [5, 5.41) is 14.6. The first-order valence-electron chi connectivity index (χ1n) is 11.5. The number of hydrogen-bond acceptors (Lipinski definition) is 9. The molecule has 17 heteroatoms. The van der Waals surface area contributed by atoms with Gasteiger partial charge in [-0.05, 0) is 6.92 Å². The van der Waals surface area contributed by atoms with Gasteiger partial charge in [-0.1, -0.05) is 0 Å². The van der Waals surface area contributed by atoms with Crippen LogP contribution in [0.4, 0.5) is 37.8 Å². The monoisotopic (exact) mass is 551 g/mol. The van der Waals surface area contributed by atoms with E-state index in [9.17, 15) is 35.9 Å². The molecule has 2 aromatic heterocycles. The lowest BCUT2D eigenvalue weighted by Crippen LogP contribution is -2.58. The fourth-order valence-corrected chi connectivity index (χ4v) is 4.18. The van der Waals surface area contributed by atoms with E-state index in [0.717, 1.165) is 12.3 Å². The van der Waals surface area contributed by atoms with Gasteiger partial charge in [-0.15, -0.1) is 10.2 Å². The molecule has 0 radical (unpaired) electrons. The molecular weight excluding hydrogens is 528 g/mol. The molecular formula is C21H23F6N7O4. The number of anilines is 2. The molecule has 0 unspecified atom stereocenters. The first kappa shape index (κ1) is 27.4. The lowest BCUT2D eigenvalue weighted by Gasteiger charge is -2.44. The quantitative estimate of drug-likeness (QED) is 0.392. The highest BCUT2D eigenvalue weighted by molar-refractivity contribution is 5.77. The van der Waals surface area contributed by atoms with Gasteiger partial charge >= 0.3 is 12.4 Å². The molecule has 0 aliphatic carbocycles. The Kier molecular flexibility index (Phi) is 7.66. The van der Waals surface area contributed by atoms with E-state index < -0.39 is 40.9 Å². The Bertz CT molecular complexity index is 1220. The van der Waals surface area contributed by atoms with Gasteiger partial charge in [-0.2, -0.15) is 31.4 Å². The van der Waals surface area contributed by atoms with Crippen molar-refractivity contribution < 1.29 is 40.6 Å². The van der Waals surface area contributed by atoms with E-state index in [2.05, 4.69) is 20.6 Å². The number of carbonyl (C=O) groups is 1. The number of amides is 1. The highest BCUT2D eigenvalue weighted by atomic mass is 19.4. The summed E-state index contributed by atoms with van der Waals surface area (Å²) in [7, 11) is 0. The SMILES string of the molecule is C[C@@H](COCCC(=O)N1CCN2c3nnc(C(F)(F)F)cc3OC[C@H]2C1)Nc1cn[nH]c(=O)c1C(F)(F)F. The summed E-state index contributed by atoms with van der Waals surface area (Å²) in [6.07, 6.45) is -8.66. The van der Waals surface area contributed by atoms with Crippen LogP contribution in [0.15, 0.2) is 17.1 Å². The molecule has 0 spiro atoms. The van der Waals surface area contributed by atoms with Crippen LogP contribution >= 0.6 is 0 Å². The lowest BCUT2D eigenvalue weighted by atomic mass is 10.1. The number of nitrogens with one attached hydrogen (secondary N) is 2. The molecule has 2 aromatic rings. The maximum Gasteiger partial charge on any atom is 0.435 e. The molecule has 0 aromatic carbocycles. The van der Waals surface area contributed by atoms with Crippen molar-refractivity contribution in [2.45, 2.75) is 37.8 Å². The molecule has 11 nitrogen and oxygen atoms in total. The third-order valence-electron chi connectivity index (χ3n) is 5.94. The first-order chi connectivity index (χ1) is 17.8. The predicted molar refractivity (Wildman–Crippen MR) is 119 cm³/mol. The van der Waals surface area contributed by atoms with E-state index in [0.29, 0.717) is 13.1 Å². The van der Waals surface area contributed by atoms with Crippen molar-refractivity contribution >= 4 is 17.4 Å². The molecule has 4 heterocycles. The molecule has 0 saturated carbocycles. The third kappa shape index (κ3) is 6.08. The van der Waals surface area contributed by atoms with Gasteiger partial charge in [-0.25, -0.2) is 5.10 Å². The second-order valence-corrected chi connectivity index (χ2v) is 8.77. The maximum absolute atomic E-state index is 13.1. The fourth-order valence-electron chi connectivity index (χ4n) is 4.18. The minimum atomic E-state index is -4.88. The topological polar surface area (TPSA) is 126 Å². The molecule has 1 amide bonds. The Morgan fingerprint density at radius 2 is 2.00 bits per heavy atom. The average molecular weight is 551 g/mol. The lowest BCUT2D eigenvalue weighted by molar-refractivity contribution is -0.142. The van der Waals surface area contributed by atoms with Crippen molar-refractivity contribution in [2.24, 2.45) is 0 Å². The van der Waals surface area contributed by atoms with Crippen molar-refractivity contribution in [1.82, 2.24) is 25.3 Å². The Morgan fingerprint density at radius 3 is 2.71 bits per heavy atom. The summed E-state index contributed by atoms with van der Waals surface area (Å²) < 4.78 is 89.0. The summed E-state index contributed by atoms with van der Waals surface area (Å²) in [6.45, 7) is 2.44. The molecule has 2 aliphatic rings. The summed E-state index contributed by atoms with van der Waals surface area (Å²) in [5.74, 6) is -0.0547. The van der Waals surface area contributed by atoms with Gasteiger partial charge < -0.3 is 24.6 Å². The summed E-state index contributed by atoms with van der Waals surface area (Å²) in [5.41, 5.74) is -4.40. The van der Waals surface area contributed by atoms with E-state index in [-0.39, 0.29) is 56.3 Å². The number of aromatic nitrogens is 4. The number of H-pyrrole nitrogens is 1. The number of ether oxygens (including phenoxy) is 2. The maximum atomic E-state index is 13.1. The van der Waals surface area contributed by atoms with Crippen molar-refractivity contribution in [3.8, 4) is 5.75 Å². The minimum Gasteiger partial charge on any atom is -0.487 e. The zero-order valence-corrected chi connectivity index (χ0v) is 19.9. The average Bonchev–Trinajstić information content (AvgIpc) is 2.84. The van der Waals surface area contributed by atoms with Crippen LogP contribution in [0.5, 0.6) is 5.75 Å². The van der Waals surface area contributed by atoms with Crippen LogP contribution in [0.3, 0.4) is 0 Å². The smallest absolute Gasteiger partial charge is 0.435 e. The molecule has 38 heavy (non-hydrogen) atoms. The van der Waals surface area contributed by atoms with Crippen LogP contribution in [0.1, 0.15) is 24.6 Å². The number of carbonyl (C=O) groups excluding carboxylic acids is 1. The van der Waals surface area contributed by atoms with Crippen molar-refractivity contribution in [2.75, 3.05) is 49.7 Å². The van der Waals surface area contributed by atoms with Crippen molar-refractivity contribution in [1.29, 1.82) is 0 Å². The van der Waals surface area contributed by atoms with Crippen LogP contribution in [-0.4, -0.2) is 82.7 Å². The Labute approximate surface area is 211 Å². The summed E-state index contributed by atoms with van der Waals surface area (Å²) in [4.78, 5) is 27.5. The van der Waals surface area contributed by atoms with Gasteiger partial charge in [0.1, 0.15) is 12.2 Å². The Balaban J connectivity index is 1.24. The van der Waals surface area contributed by atoms with E-state index in [1.165, 1.54) is 0 Å². The van der Waals surface area contributed by atoms with Crippen molar-refractivity contribution in [3.63, 3.8) is 0 Å². The number of hydrogen-bond donors (Lipinski definition) is 2. The van der Waals surface area contributed by atoms with Crippen LogP contribution in [-0.2, 0) is 21.9 Å². The second kappa shape index (κ2) is 10.6. The number of aromatic amines is 1. The Morgan fingerprint density at radius 1 is 1.24 bits per heavy atom. The van der Waals surface area contributed by atoms with Crippen LogP contribution in [0.2, 0.25) is 0 Å². The van der Waals surface area contributed by atoms with Gasteiger partial charge in [-0.3, -0.25) is 9.59 Å². The predicted octanol–water partition coefficient (Wildman–Crippen LogP) is 1.91. The number of alkyl halides is 6. The van der Waals surface area contributed by atoms with Crippen LogP contribution in [0.25, 0.3) is 0 Å². The molecule has 208 valence electrons. The zero-order valence-electron chi connectivity index (χ0n) is 19.9. The number of fused-ring (bicyclic) bond motifs is 3. The first-order valence-corrected chi connectivity index (χ1v) is 11.5.